The number of alkyl carbamates (subject to hydrolysis) is 1. The Bertz CT molecular complexity index is 890. The minimum absolute atomic E-state index is 0.0904. The summed E-state index contributed by atoms with van der Waals surface area (Å²) >= 11 is 0.964. The molecule has 0 unspecified atom stereocenters. The molecule has 0 aromatic carbocycles. The van der Waals surface area contributed by atoms with Gasteiger partial charge in [0.15, 0.2) is 18.3 Å². The molecule has 38 heavy (non-hydrogen) atoms. The van der Waals surface area contributed by atoms with Crippen molar-refractivity contribution in [3.8, 4) is 0 Å². The summed E-state index contributed by atoms with van der Waals surface area (Å²) in [6, 6.07) is -0.944. The zero-order valence-electron chi connectivity index (χ0n) is 22.7. The molecule has 1 fully saturated rings. The molecule has 0 aromatic rings. The maximum Gasteiger partial charge on any atom is 0.408 e. The molecule has 0 radical (unpaired) electrons. The van der Waals surface area contributed by atoms with Gasteiger partial charge in [-0.25, -0.2) is 4.79 Å². The summed E-state index contributed by atoms with van der Waals surface area (Å²) in [7, 11) is 0. The number of thioether (sulfide) groups is 1. The molecule has 1 rings (SSSR count). The second-order valence-electron chi connectivity index (χ2n) is 9.29. The van der Waals surface area contributed by atoms with E-state index < -0.39 is 77.4 Å². The Kier molecular flexibility index (Phi) is 12.8. The van der Waals surface area contributed by atoms with Crippen molar-refractivity contribution in [1.29, 1.82) is 0 Å². The first-order chi connectivity index (χ1) is 17.5. The second-order valence-corrected chi connectivity index (χ2v) is 10.4. The van der Waals surface area contributed by atoms with Crippen LogP contribution in [0.2, 0.25) is 0 Å². The third-order valence-electron chi connectivity index (χ3n) is 4.57. The predicted molar refractivity (Wildman–Crippen MR) is 131 cm³/mol. The van der Waals surface area contributed by atoms with Gasteiger partial charge in [-0.1, -0.05) is 0 Å². The first-order valence-electron chi connectivity index (χ1n) is 11.7. The van der Waals surface area contributed by atoms with Gasteiger partial charge in [-0.2, -0.15) is 0 Å². The summed E-state index contributed by atoms with van der Waals surface area (Å²) in [5.41, 5.74) is -1.80. The van der Waals surface area contributed by atoms with Gasteiger partial charge in [0.2, 0.25) is 5.91 Å². The Hall–Kier alpha value is -3.07. The maximum atomic E-state index is 12.5. The Morgan fingerprint density at radius 1 is 0.842 bits per heavy atom. The summed E-state index contributed by atoms with van der Waals surface area (Å²) in [6.07, 6.45) is -5.71. The van der Waals surface area contributed by atoms with Gasteiger partial charge >= 0.3 is 30.0 Å². The zero-order chi connectivity index (χ0) is 29.2. The van der Waals surface area contributed by atoms with Gasteiger partial charge in [-0.15, -0.1) is 11.8 Å². The van der Waals surface area contributed by atoms with Crippen LogP contribution in [0.25, 0.3) is 0 Å². The molecule has 0 saturated carbocycles. The number of rotatable bonds is 10. The van der Waals surface area contributed by atoms with Crippen LogP contribution >= 0.6 is 11.8 Å². The van der Waals surface area contributed by atoms with E-state index in [-0.39, 0.29) is 12.5 Å². The zero-order valence-corrected chi connectivity index (χ0v) is 23.5. The molecular weight excluding hydrogens is 528 g/mol. The number of carbonyl (C=O) groups excluding carboxylic acids is 6. The van der Waals surface area contributed by atoms with Crippen molar-refractivity contribution in [2.75, 3.05) is 12.5 Å². The summed E-state index contributed by atoms with van der Waals surface area (Å²) in [6.45, 7) is 10.7. The standard InChI is InChI=1S/C23H36N2O12S/c1-11(25-22(31)37-23(6,7)8)20(30)24-10-38-21-19(35-15(5)29)18(34-14(4)28)17(33-13(3)27)16(36-21)9-32-12(2)26/h11,16-19,21H,9-10H2,1-8H3,(H,24,30)(H,25,31)/t11-,16+,17+,18-,19+,21-/m0/s1. The van der Waals surface area contributed by atoms with E-state index in [4.69, 9.17) is 28.4 Å². The number of carbonyl (C=O) groups is 6. The van der Waals surface area contributed by atoms with Crippen molar-refractivity contribution in [1.82, 2.24) is 10.6 Å². The van der Waals surface area contributed by atoms with Crippen LogP contribution in [-0.4, -0.2) is 89.9 Å². The van der Waals surface area contributed by atoms with Gasteiger partial charge in [-0.3, -0.25) is 24.0 Å². The van der Waals surface area contributed by atoms with Crippen molar-refractivity contribution in [2.24, 2.45) is 0 Å². The largest absolute Gasteiger partial charge is 0.463 e. The molecule has 2 amide bonds. The fourth-order valence-electron chi connectivity index (χ4n) is 3.22. The monoisotopic (exact) mass is 564 g/mol. The van der Waals surface area contributed by atoms with Crippen LogP contribution in [-0.2, 0) is 52.4 Å². The Morgan fingerprint density at radius 3 is 1.87 bits per heavy atom. The topological polar surface area (TPSA) is 182 Å². The molecule has 1 aliphatic rings. The van der Waals surface area contributed by atoms with Gasteiger partial charge in [-0.05, 0) is 27.7 Å². The third-order valence-corrected chi connectivity index (χ3v) is 5.59. The lowest BCUT2D eigenvalue weighted by Gasteiger charge is -2.44. The van der Waals surface area contributed by atoms with Gasteiger partial charge < -0.3 is 39.1 Å². The molecule has 216 valence electrons. The Labute approximate surface area is 225 Å². The van der Waals surface area contributed by atoms with Crippen LogP contribution in [0.3, 0.4) is 0 Å². The molecule has 2 N–H and O–H groups in total. The smallest absolute Gasteiger partial charge is 0.408 e. The molecule has 1 saturated heterocycles. The van der Waals surface area contributed by atoms with Crippen LogP contribution in [0.4, 0.5) is 4.79 Å². The number of hydrogen-bond donors (Lipinski definition) is 2. The predicted octanol–water partition coefficient (Wildman–Crippen LogP) is 0.790. The molecule has 6 atom stereocenters. The van der Waals surface area contributed by atoms with Crippen LogP contribution < -0.4 is 10.6 Å². The van der Waals surface area contributed by atoms with Crippen LogP contribution in [0.15, 0.2) is 0 Å². The number of amides is 2. The molecule has 0 aromatic heterocycles. The normalized spacial score (nSPS) is 23.7. The Balaban J connectivity index is 3.05. The minimum Gasteiger partial charge on any atom is -0.463 e. The molecule has 1 heterocycles. The van der Waals surface area contributed by atoms with E-state index in [0.717, 1.165) is 32.5 Å². The molecule has 1 aliphatic heterocycles. The van der Waals surface area contributed by atoms with Crippen LogP contribution in [0.5, 0.6) is 0 Å². The van der Waals surface area contributed by atoms with E-state index in [0.29, 0.717) is 0 Å². The molecule has 15 heteroatoms. The van der Waals surface area contributed by atoms with E-state index >= 15 is 0 Å². The van der Waals surface area contributed by atoms with Crippen LogP contribution in [0, 0.1) is 0 Å². The van der Waals surface area contributed by atoms with Crippen molar-refractivity contribution in [3.05, 3.63) is 0 Å². The molecular formula is C23H36N2O12S. The van der Waals surface area contributed by atoms with E-state index in [9.17, 15) is 28.8 Å². The maximum absolute atomic E-state index is 12.5. The number of hydrogen-bond acceptors (Lipinski definition) is 13. The molecule has 14 nitrogen and oxygen atoms in total. The fourth-order valence-corrected chi connectivity index (χ4v) is 4.23. The second kappa shape index (κ2) is 14.8. The summed E-state index contributed by atoms with van der Waals surface area (Å²) in [5, 5.41) is 5.00. The number of nitrogens with one attached hydrogen (secondary N) is 2. The molecule has 0 bridgehead atoms. The third kappa shape index (κ3) is 12.0. The van der Waals surface area contributed by atoms with Crippen LogP contribution in [0.1, 0.15) is 55.4 Å². The molecule has 0 spiro atoms. The average Bonchev–Trinajstić information content (AvgIpc) is 2.73. The van der Waals surface area contributed by atoms with Crippen molar-refractivity contribution >= 4 is 47.6 Å². The van der Waals surface area contributed by atoms with Gasteiger partial charge in [0, 0.05) is 27.7 Å². The highest BCUT2D eigenvalue weighted by Crippen LogP contribution is 2.34. The highest BCUT2D eigenvalue weighted by molar-refractivity contribution is 7.99. The van der Waals surface area contributed by atoms with E-state index in [1.54, 1.807) is 20.8 Å². The lowest BCUT2D eigenvalue weighted by Crippen LogP contribution is -2.61. The number of esters is 4. The fraction of sp³-hybridized carbons (Fsp3) is 0.739. The first kappa shape index (κ1) is 33.0. The average molecular weight is 565 g/mol. The van der Waals surface area contributed by atoms with Gasteiger partial charge in [0.25, 0.3) is 0 Å². The van der Waals surface area contributed by atoms with Crippen molar-refractivity contribution in [2.45, 2.75) is 96.9 Å². The minimum atomic E-state index is -1.31. The summed E-state index contributed by atoms with van der Waals surface area (Å²) < 4.78 is 32.1. The highest BCUT2D eigenvalue weighted by Gasteiger charge is 2.52. The quantitative estimate of drug-likeness (QED) is 0.216. The summed E-state index contributed by atoms with van der Waals surface area (Å²) in [5.74, 6) is -3.50. The lowest BCUT2D eigenvalue weighted by molar-refractivity contribution is -0.237. The molecule has 0 aliphatic carbocycles. The summed E-state index contributed by atoms with van der Waals surface area (Å²) in [4.78, 5) is 71.3. The van der Waals surface area contributed by atoms with Gasteiger partial charge in [0.05, 0.1) is 5.88 Å². The lowest BCUT2D eigenvalue weighted by atomic mass is 9.99. The van der Waals surface area contributed by atoms with E-state index in [1.165, 1.54) is 13.8 Å². The van der Waals surface area contributed by atoms with E-state index in [1.807, 2.05) is 0 Å². The van der Waals surface area contributed by atoms with Gasteiger partial charge in [0.1, 0.15) is 29.8 Å². The SMILES string of the molecule is CC(=O)OC[C@H]1O[C@@H](SCNC(=O)[C@H](C)NC(=O)OC(C)(C)C)[C@H](OC(C)=O)[C@@H](OC(C)=O)[C@@H]1OC(C)=O. The number of ether oxygens (including phenoxy) is 6. The van der Waals surface area contributed by atoms with Crippen molar-refractivity contribution in [3.63, 3.8) is 0 Å². The Morgan fingerprint density at radius 2 is 1.37 bits per heavy atom. The first-order valence-corrected chi connectivity index (χ1v) is 12.7. The van der Waals surface area contributed by atoms with Crippen molar-refractivity contribution < 1.29 is 57.2 Å². The highest BCUT2D eigenvalue weighted by atomic mass is 32.2. The van der Waals surface area contributed by atoms with E-state index in [2.05, 4.69) is 10.6 Å².